The molecule has 0 aromatic carbocycles. The number of carbonyl (C=O) groups excluding carboxylic acids is 2. The van der Waals surface area contributed by atoms with E-state index < -0.39 is 15.1 Å². The molecule has 1 atom stereocenters. The number of hydrogen-bond donors (Lipinski definition) is 2. The molecule has 2 fully saturated rings. The molecule has 1 unspecified atom stereocenters. The van der Waals surface area contributed by atoms with Gasteiger partial charge < -0.3 is 19.9 Å². The molecule has 0 bridgehead atoms. The number of aromatic nitrogens is 1. The number of H-pyrrole nitrogens is 1. The Morgan fingerprint density at radius 2 is 2.08 bits per heavy atom. The lowest BCUT2D eigenvalue weighted by atomic mass is 9.98. The molecule has 11 heteroatoms. The van der Waals surface area contributed by atoms with Crippen molar-refractivity contribution in [1.82, 2.24) is 15.2 Å². The number of hydrogen-bond acceptors (Lipinski definition) is 5. The summed E-state index contributed by atoms with van der Waals surface area (Å²) in [4.78, 5) is 31.0. The molecule has 0 saturated carbocycles. The Hall–Kier alpha value is -2.41. The summed E-state index contributed by atoms with van der Waals surface area (Å²) in [5.74, 6) is -0.739. The molecule has 2 saturated heterocycles. The second-order valence-corrected chi connectivity index (χ2v) is 12.5. The van der Waals surface area contributed by atoms with Crippen molar-refractivity contribution in [3.05, 3.63) is 85.4 Å². The Morgan fingerprint density at radius 3 is 2.76 bits per heavy atom. The summed E-state index contributed by atoms with van der Waals surface area (Å²) in [6.45, 7) is 7.43. The van der Waals surface area contributed by atoms with E-state index in [1.165, 1.54) is 5.54 Å². The molecule has 0 radical (unpaired) electrons. The molecule has 3 heterocycles. The van der Waals surface area contributed by atoms with Gasteiger partial charge in [0.25, 0.3) is 11.8 Å². The van der Waals surface area contributed by atoms with Crippen LogP contribution < -0.4 is 5.32 Å². The molecule has 1 aromatic heterocycles. The predicted molar refractivity (Wildman–Crippen MR) is 153 cm³/mol. The first-order valence-electron chi connectivity index (χ1n) is 11.7. The number of nitrogens with zero attached hydrogens (tertiary/aromatic N) is 1. The number of nitrogens with one attached hydrogen (secondary N) is 2. The van der Waals surface area contributed by atoms with E-state index in [9.17, 15) is 18.0 Å². The quantitative estimate of drug-likeness (QED) is 0.263. The number of allylic oxidation sites excluding steroid dienone is 5. The molecular weight excluding hydrogens is 629 g/mol. The fourth-order valence-electron chi connectivity index (χ4n) is 4.42. The van der Waals surface area contributed by atoms with Crippen LogP contribution in [0.5, 0.6) is 0 Å². The van der Waals surface area contributed by atoms with E-state index in [2.05, 4.69) is 16.9 Å². The van der Waals surface area contributed by atoms with Crippen molar-refractivity contribution in [2.24, 2.45) is 0 Å². The van der Waals surface area contributed by atoms with Crippen LogP contribution in [0.25, 0.3) is 6.08 Å². The number of aromatic amines is 1. The Bertz CT molecular complexity index is 1390. The van der Waals surface area contributed by atoms with Crippen molar-refractivity contribution in [2.75, 3.05) is 32.1 Å². The van der Waals surface area contributed by atoms with E-state index in [1.807, 2.05) is 29.5 Å². The van der Waals surface area contributed by atoms with Gasteiger partial charge in [-0.1, -0.05) is 36.4 Å². The average Bonchev–Trinajstić information content (AvgIpc) is 3.41. The summed E-state index contributed by atoms with van der Waals surface area (Å²) in [6, 6.07) is 1.76. The maximum absolute atomic E-state index is 13.3. The zero-order chi connectivity index (χ0) is 26.7. The number of halogens is 2. The van der Waals surface area contributed by atoms with Gasteiger partial charge in [-0.05, 0) is 59.7 Å². The standard InChI is InChI=1S/C26H27ClIN3O5S/c1-3-4-22(28)17(14-27)15-37(34,35)18-5-6-23-19(12-18)20(25(32)30-23)13-24-21(11-16(2)29-24)26(33)31-7-9-36-10-8-31/h3-4,6,11-14,18,29H,1,5,7-10,15H2,2H3,(H,30,32)/b17-14+,20-13-,22-4+. The van der Waals surface area contributed by atoms with Gasteiger partial charge in [0.05, 0.1) is 41.0 Å². The van der Waals surface area contributed by atoms with Gasteiger partial charge in [0.15, 0.2) is 9.84 Å². The first kappa shape index (κ1) is 27.6. The van der Waals surface area contributed by atoms with E-state index in [4.69, 9.17) is 16.3 Å². The number of rotatable bonds is 7. The molecule has 8 nitrogen and oxygen atoms in total. The molecule has 3 aliphatic rings. The Balaban J connectivity index is 1.66. The van der Waals surface area contributed by atoms with Crippen molar-refractivity contribution in [2.45, 2.75) is 18.6 Å². The molecule has 2 amide bonds. The van der Waals surface area contributed by atoms with Gasteiger partial charge in [0, 0.05) is 39.2 Å². The lowest BCUT2D eigenvalue weighted by Crippen LogP contribution is -2.40. The number of morpholine rings is 1. The van der Waals surface area contributed by atoms with Gasteiger partial charge in [-0.3, -0.25) is 9.59 Å². The Kier molecular flexibility index (Phi) is 8.62. The molecule has 2 N–H and O–H groups in total. The number of carbonyl (C=O) groups is 2. The number of sulfone groups is 1. The lowest BCUT2D eigenvalue weighted by molar-refractivity contribution is -0.115. The zero-order valence-corrected chi connectivity index (χ0v) is 24.0. The summed E-state index contributed by atoms with van der Waals surface area (Å²) in [7, 11) is -3.64. The molecular formula is C26H27ClIN3O5S. The minimum absolute atomic E-state index is 0.144. The minimum Gasteiger partial charge on any atom is -0.378 e. The SMILES string of the molecule is C=C/C=C(I)\C(=C\Cl)CS(=O)(=O)C1C=C2C(=CC1)NC(=O)/C2=C\c1[nH]c(C)cc1C(=O)N1CCOCC1. The van der Waals surface area contributed by atoms with E-state index in [-0.39, 0.29) is 24.0 Å². The van der Waals surface area contributed by atoms with Gasteiger partial charge in [-0.25, -0.2) is 8.42 Å². The van der Waals surface area contributed by atoms with Crippen LogP contribution in [0.2, 0.25) is 0 Å². The second-order valence-electron chi connectivity index (χ2n) is 8.86. The predicted octanol–water partition coefficient (Wildman–Crippen LogP) is 3.93. The molecule has 4 rings (SSSR count). The van der Waals surface area contributed by atoms with Gasteiger partial charge >= 0.3 is 0 Å². The third-order valence-electron chi connectivity index (χ3n) is 6.30. The maximum atomic E-state index is 13.3. The third kappa shape index (κ3) is 6.02. The van der Waals surface area contributed by atoms with Gasteiger partial charge in [0.2, 0.25) is 0 Å². The fraction of sp³-hybridized carbons (Fsp3) is 0.308. The Labute approximate surface area is 234 Å². The summed E-state index contributed by atoms with van der Waals surface area (Å²) in [6.07, 6.45) is 8.45. The molecule has 1 aliphatic carbocycles. The van der Waals surface area contributed by atoms with Crippen LogP contribution in [0.1, 0.15) is 28.2 Å². The largest absolute Gasteiger partial charge is 0.378 e. The highest BCUT2D eigenvalue weighted by atomic mass is 127. The highest BCUT2D eigenvalue weighted by Gasteiger charge is 2.35. The van der Waals surface area contributed by atoms with Crippen molar-refractivity contribution >= 4 is 61.9 Å². The minimum atomic E-state index is -3.64. The van der Waals surface area contributed by atoms with E-state index in [0.29, 0.717) is 63.6 Å². The van der Waals surface area contributed by atoms with Crippen LogP contribution in [0.4, 0.5) is 0 Å². The molecule has 1 aromatic rings. The number of fused-ring (bicyclic) bond motifs is 1. The van der Waals surface area contributed by atoms with Crippen LogP contribution in [0, 0.1) is 6.92 Å². The van der Waals surface area contributed by atoms with Gasteiger partial charge in [-0.2, -0.15) is 0 Å². The first-order valence-corrected chi connectivity index (χ1v) is 14.9. The normalized spacial score (nSPS) is 21.9. The van der Waals surface area contributed by atoms with Crippen molar-refractivity contribution in [1.29, 1.82) is 0 Å². The highest BCUT2D eigenvalue weighted by molar-refractivity contribution is 14.1. The summed E-state index contributed by atoms with van der Waals surface area (Å²) < 4.78 is 32.6. The third-order valence-corrected chi connectivity index (χ3v) is 9.58. The monoisotopic (exact) mass is 655 g/mol. The van der Waals surface area contributed by atoms with Crippen molar-refractivity contribution in [3.63, 3.8) is 0 Å². The second kappa shape index (κ2) is 11.5. The van der Waals surface area contributed by atoms with Crippen LogP contribution in [0.15, 0.2) is 68.5 Å². The molecule has 196 valence electrons. The zero-order valence-electron chi connectivity index (χ0n) is 20.2. The Morgan fingerprint density at radius 1 is 1.35 bits per heavy atom. The van der Waals surface area contributed by atoms with E-state index >= 15 is 0 Å². The van der Waals surface area contributed by atoms with Crippen LogP contribution in [-0.2, 0) is 19.4 Å². The van der Waals surface area contributed by atoms with Crippen LogP contribution >= 0.6 is 34.2 Å². The van der Waals surface area contributed by atoms with Gasteiger partial charge in [-0.15, -0.1) is 0 Å². The number of ether oxygens (including phenoxy) is 1. The topological polar surface area (TPSA) is 109 Å². The molecule has 2 aliphatic heterocycles. The van der Waals surface area contributed by atoms with Crippen molar-refractivity contribution < 1.29 is 22.7 Å². The van der Waals surface area contributed by atoms with Crippen molar-refractivity contribution in [3.8, 4) is 0 Å². The lowest BCUT2D eigenvalue weighted by Gasteiger charge is -2.26. The average molecular weight is 656 g/mol. The number of aryl methyl sites for hydroxylation is 1. The highest BCUT2D eigenvalue weighted by Crippen LogP contribution is 2.34. The van der Waals surface area contributed by atoms with Crippen LogP contribution in [-0.4, -0.2) is 67.4 Å². The fourth-order valence-corrected chi connectivity index (χ4v) is 7.36. The summed E-state index contributed by atoms with van der Waals surface area (Å²) >= 11 is 7.95. The number of amides is 2. The molecule has 37 heavy (non-hydrogen) atoms. The van der Waals surface area contributed by atoms with E-state index in [1.54, 1.807) is 41.3 Å². The smallest absolute Gasteiger partial charge is 0.256 e. The summed E-state index contributed by atoms with van der Waals surface area (Å²) in [5, 5.41) is 1.98. The maximum Gasteiger partial charge on any atom is 0.256 e. The van der Waals surface area contributed by atoms with Gasteiger partial charge in [0.1, 0.15) is 0 Å². The molecule has 0 spiro atoms. The van der Waals surface area contributed by atoms with E-state index in [0.717, 1.165) is 5.69 Å². The summed E-state index contributed by atoms with van der Waals surface area (Å²) in [5.41, 5.74) is 4.86. The van der Waals surface area contributed by atoms with Crippen LogP contribution in [0.3, 0.4) is 0 Å². The first-order chi connectivity index (χ1) is 17.6.